The number of amides is 1. The van der Waals surface area contributed by atoms with Gasteiger partial charge in [-0.05, 0) is 53.2 Å². The molecule has 0 radical (unpaired) electrons. The Morgan fingerprint density at radius 1 is 1.24 bits per heavy atom. The highest BCUT2D eigenvalue weighted by atomic mass is 79.9. The lowest BCUT2D eigenvalue weighted by molar-refractivity contribution is -0.132. The number of rotatable bonds is 6. The number of hydrogen-bond acceptors (Lipinski definition) is 6. The van der Waals surface area contributed by atoms with Crippen molar-refractivity contribution < 1.29 is 14.3 Å². The van der Waals surface area contributed by atoms with Crippen LogP contribution in [-0.4, -0.2) is 52.0 Å². The van der Waals surface area contributed by atoms with E-state index in [4.69, 9.17) is 14.5 Å². The number of nitrogens with zero attached hydrogens (tertiary/aromatic N) is 4. The smallest absolute Gasteiger partial charge is 0.226 e. The molecule has 4 unspecified atom stereocenters. The van der Waals surface area contributed by atoms with Crippen molar-refractivity contribution in [2.45, 2.75) is 37.8 Å². The molecule has 1 aromatic carbocycles. The highest BCUT2D eigenvalue weighted by molar-refractivity contribution is 9.10. The first-order valence-corrected chi connectivity index (χ1v) is 12.2. The van der Waals surface area contributed by atoms with Crippen LogP contribution in [0.5, 0.6) is 11.5 Å². The van der Waals surface area contributed by atoms with E-state index in [1.807, 2.05) is 24.4 Å². The quantitative estimate of drug-likeness (QED) is 0.541. The summed E-state index contributed by atoms with van der Waals surface area (Å²) in [4.78, 5) is 24.2. The fourth-order valence-corrected chi connectivity index (χ4v) is 6.21. The minimum atomic E-state index is 0.221. The first-order chi connectivity index (χ1) is 16.1. The molecular weight excluding hydrogens is 486 g/mol. The van der Waals surface area contributed by atoms with E-state index >= 15 is 0 Å². The molecule has 3 aliphatic rings. The molecule has 3 fully saturated rings. The van der Waals surface area contributed by atoms with Gasteiger partial charge < -0.3 is 19.7 Å². The monoisotopic (exact) mass is 511 g/mol. The van der Waals surface area contributed by atoms with Gasteiger partial charge in [0.1, 0.15) is 27.4 Å². The lowest BCUT2D eigenvalue weighted by Gasteiger charge is -2.36. The summed E-state index contributed by atoms with van der Waals surface area (Å²) >= 11 is 3.66. The summed E-state index contributed by atoms with van der Waals surface area (Å²) in [7, 11) is 3.29. The normalized spacial score (nSPS) is 25.7. The van der Waals surface area contributed by atoms with Crippen LogP contribution >= 0.6 is 15.9 Å². The van der Waals surface area contributed by atoms with Crippen LogP contribution in [0.4, 0.5) is 5.82 Å². The third-order valence-corrected chi connectivity index (χ3v) is 7.96. The fraction of sp³-hybridized carbons (Fsp3) is 0.458. The summed E-state index contributed by atoms with van der Waals surface area (Å²) in [5.74, 6) is 4.72. The number of benzene rings is 1. The van der Waals surface area contributed by atoms with Gasteiger partial charge in [-0.25, -0.2) is 9.97 Å². The van der Waals surface area contributed by atoms with E-state index in [1.54, 1.807) is 20.4 Å². The van der Waals surface area contributed by atoms with Crippen LogP contribution in [0.25, 0.3) is 5.52 Å². The van der Waals surface area contributed by atoms with Crippen molar-refractivity contribution in [1.82, 2.24) is 19.3 Å². The number of fused-ring (bicyclic) bond motifs is 4. The van der Waals surface area contributed by atoms with Crippen molar-refractivity contribution in [3.63, 3.8) is 0 Å². The van der Waals surface area contributed by atoms with Crippen molar-refractivity contribution in [3.8, 4) is 11.5 Å². The van der Waals surface area contributed by atoms with Crippen LogP contribution < -0.4 is 14.8 Å². The molecule has 6 rings (SSSR count). The number of ether oxygens (including phenoxy) is 2. The molecule has 1 N–H and O–H groups in total. The van der Waals surface area contributed by atoms with Crippen LogP contribution in [0.1, 0.15) is 36.6 Å². The maximum atomic E-state index is 12.6. The number of piperidine rings is 2. The lowest BCUT2D eigenvalue weighted by Crippen LogP contribution is -2.43. The van der Waals surface area contributed by atoms with Gasteiger partial charge in [0, 0.05) is 55.0 Å². The largest absolute Gasteiger partial charge is 0.497 e. The Hall–Kier alpha value is -2.81. The number of imidazole rings is 1. The van der Waals surface area contributed by atoms with Crippen molar-refractivity contribution in [3.05, 3.63) is 46.6 Å². The van der Waals surface area contributed by atoms with Crippen molar-refractivity contribution in [2.24, 2.45) is 11.8 Å². The zero-order valence-electron chi connectivity index (χ0n) is 18.6. The minimum Gasteiger partial charge on any atom is -0.497 e. The molecule has 9 heteroatoms. The second-order valence-electron chi connectivity index (χ2n) is 9.12. The standard InChI is InChI=1S/C24H26BrN5O3/c1-32-15-5-3-13(19(9-15)33-2)11-27-22-20-21(25)28-23(29(20)8-7-26-22)14-4-6-18-16-10-17(16)24(31)30(18)12-14/h3,5,7-9,14,16-18H,4,6,10-12H2,1-2H3,(H,26,27). The fourth-order valence-electron chi connectivity index (χ4n) is 5.65. The molecule has 1 amide bonds. The Bertz CT molecular complexity index is 1240. The summed E-state index contributed by atoms with van der Waals surface area (Å²) in [5, 5.41) is 3.44. The average molecular weight is 512 g/mol. The summed E-state index contributed by atoms with van der Waals surface area (Å²) in [5.41, 5.74) is 1.90. The van der Waals surface area contributed by atoms with Gasteiger partial charge in [0.15, 0.2) is 5.82 Å². The zero-order valence-corrected chi connectivity index (χ0v) is 20.2. The summed E-state index contributed by atoms with van der Waals surface area (Å²) in [6.45, 7) is 1.30. The van der Waals surface area contributed by atoms with E-state index < -0.39 is 0 Å². The van der Waals surface area contributed by atoms with Gasteiger partial charge in [0.25, 0.3) is 0 Å². The molecule has 172 valence electrons. The molecule has 4 atom stereocenters. The van der Waals surface area contributed by atoms with Gasteiger partial charge in [-0.2, -0.15) is 0 Å². The maximum absolute atomic E-state index is 12.6. The van der Waals surface area contributed by atoms with Crippen LogP contribution in [0.3, 0.4) is 0 Å². The molecule has 2 aliphatic heterocycles. The van der Waals surface area contributed by atoms with Gasteiger partial charge in [0.05, 0.1) is 14.2 Å². The van der Waals surface area contributed by atoms with Crippen molar-refractivity contribution in [2.75, 3.05) is 26.1 Å². The molecular formula is C24H26BrN5O3. The number of anilines is 1. The predicted molar refractivity (Wildman–Crippen MR) is 127 cm³/mol. The number of carbonyl (C=O) groups excluding carboxylic acids is 1. The van der Waals surface area contributed by atoms with Crippen LogP contribution in [0, 0.1) is 11.8 Å². The highest BCUT2D eigenvalue weighted by Crippen LogP contribution is 2.54. The van der Waals surface area contributed by atoms with E-state index in [9.17, 15) is 4.79 Å². The Morgan fingerprint density at radius 2 is 2.12 bits per heavy atom. The summed E-state index contributed by atoms with van der Waals surface area (Å²) < 4.78 is 13.7. The SMILES string of the molecule is COc1ccc(CNc2nccn3c(C4CCC5C6CC6C(=O)N5C4)nc(Br)c23)c(OC)c1. The summed E-state index contributed by atoms with van der Waals surface area (Å²) in [6, 6.07) is 6.22. The maximum Gasteiger partial charge on any atom is 0.226 e. The van der Waals surface area contributed by atoms with E-state index in [2.05, 4.69) is 35.5 Å². The molecule has 1 saturated carbocycles. The number of aromatic nitrogens is 3. The van der Waals surface area contributed by atoms with Gasteiger partial charge in [0.2, 0.25) is 5.91 Å². The van der Waals surface area contributed by atoms with Crippen LogP contribution in [0.2, 0.25) is 0 Å². The van der Waals surface area contributed by atoms with E-state index in [-0.39, 0.29) is 5.92 Å². The zero-order chi connectivity index (χ0) is 22.7. The Balaban J connectivity index is 1.26. The van der Waals surface area contributed by atoms with E-state index in [1.165, 1.54) is 0 Å². The molecule has 0 bridgehead atoms. The topological polar surface area (TPSA) is 81.0 Å². The first kappa shape index (κ1) is 20.8. The Labute approximate surface area is 200 Å². The number of nitrogens with one attached hydrogen (secondary N) is 1. The molecule has 2 aromatic heterocycles. The summed E-state index contributed by atoms with van der Waals surface area (Å²) in [6.07, 6.45) is 6.97. The second kappa shape index (κ2) is 7.90. The van der Waals surface area contributed by atoms with Crippen LogP contribution in [0.15, 0.2) is 35.2 Å². The van der Waals surface area contributed by atoms with Gasteiger partial charge in [-0.1, -0.05) is 0 Å². The highest BCUT2D eigenvalue weighted by Gasteiger charge is 2.59. The molecule has 4 heterocycles. The molecule has 0 spiro atoms. The molecule has 33 heavy (non-hydrogen) atoms. The number of hydrogen-bond donors (Lipinski definition) is 1. The van der Waals surface area contributed by atoms with Crippen molar-refractivity contribution in [1.29, 1.82) is 0 Å². The van der Waals surface area contributed by atoms with Gasteiger partial charge >= 0.3 is 0 Å². The molecule has 2 saturated heterocycles. The third-order valence-electron chi connectivity index (χ3n) is 7.41. The van der Waals surface area contributed by atoms with Gasteiger partial charge in [-0.3, -0.25) is 9.20 Å². The van der Waals surface area contributed by atoms with Crippen molar-refractivity contribution >= 4 is 33.2 Å². The predicted octanol–water partition coefficient (Wildman–Crippen LogP) is 3.85. The molecule has 1 aliphatic carbocycles. The number of methoxy groups -OCH3 is 2. The average Bonchev–Trinajstić information content (AvgIpc) is 3.51. The van der Waals surface area contributed by atoms with Crippen LogP contribution in [-0.2, 0) is 11.3 Å². The number of halogens is 1. The molecule has 8 nitrogen and oxygen atoms in total. The van der Waals surface area contributed by atoms with Gasteiger partial charge in [-0.15, -0.1) is 0 Å². The van der Waals surface area contributed by atoms with E-state index in [0.717, 1.165) is 64.6 Å². The Kier molecular flexibility index (Phi) is 4.97. The Morgan fingerprint density at radius 3 is 2.94 bits per heavy atom. The lowest BCUT2D eigenvalue weighted by atomic mass is 9.91. The first-order valence-electron chi connectivity index (χ1n) is 11.4. The molecule has 3 aromatic rings. The van der Waals surface area contributed by atoms with E-state index in [0.29, 0.717) is 30.3 Å². The minimum absolute atomic E-state index is 0.221. The number of carbonyl (C=O) groups is 1. The second-order valence-corrected chi connectivity index (χ2v) is 9.88. The third kappa shape index (κ3) is 3.36.